The van der Waals surface area contributed by atoms with Crippen LogP contribution < -0.4 is 0 Å². The molecule has 0 aliphatic rings. The van der Waals surface area contributed by atoms with Crippen LogP contribution in [0.2, 0.25) is 5.02 Å². The fourth-order valence-corrected chi connectivity index (χ4v) is 1.08. The molecule has 0 fully saturated rings. The Labute approximate surface area is 73.8 Å². The van der Waals surface area contributed by atoms with Crippen LogP contribution in [0.5, 0.6) is 0 Å². The molecule has 2 aromatic rings. The summed E-state index contributed by atoms with van der Waals surface area (Å²) in [6.45, 7) is 0. The molecule has 2 rings (SSSR count). The van der Waals surface area contributed by atoms with Crippen LogP contribution in [-0.2, 0) is 0 Å². The average molecular weight is 180 g/mol. The minimum atomic E-state index is 0.598. The zero-order valence-corrected chi connectivity index (χ0v) is 6.73. The summed E-state index contributed by atoms with van der Waals surface area (Å²) in [5, 5.41) is 11.1. The summed E-state index contributed by atoms with van der Waals surface area (Å²) < 4.78 is 1.39. The van der Waals surface area contributed by atoms with Crippen molar-refractivity contribution in [3.8, 4) is 5.69 Å². The number of para-hydroxylation sites is 1. The first-order valence-corrected chi connectivity index (χ1v) is 3.67. The zero-order chi connectivity index (χ0) is 8.39. The topological polar surface area (TPSA) is 43.6 Å². The van der Waals surface area contributed by atoms with E-state index in [9.17, 15) is 0 Å². The van der Waals surface area contributed by atoms with Gasteiger partial charge in [0.05, 0.1) is 10.7 Å². The molecule has 0 atom stereocenters. The van der Waals surface area contributed by atoms with Crippen LogP contribution >= 0.6 is 11.6 Å². The maximum absolute atomic E-state index is 5.88. The Hall–Kier alpha value is -1.42. The minimum absolute atomic E-state index is 0.598. The molecule has 0 spiro atoms. The summed E-state index contributed by atoms with van der Waals surface area (Å²) in [5.41, 5.74) is 0.726. The Bertz CT molecular complexity index is 371. The Morgan fingerprint density at radius 3 is 2.83 bits per heavy atom. The van der Waals surface area contributed by atoms with E-state index in [0.717, 1.165) is 5.69 Å². The first-order valence-electron chi connectivity index (χ1n) is 3.29. The standard InChI is InChI=1S/C7H4ClN4/c8-6-3-1-2-4-7(6)12-5-9-10-11-12/h1-4H. The highest BCUT2D eigenvalue weighted by molar-refractivity contribution is 6.32. The summed E-state index contributed by atoms with van der Waals surface area (Å²) in [4.78, 5) is 0. The Morgan fingerprint density at radius 2 is 2.17 bits per heavy atom. The van der Waals surface area contributed by atoms with E-state index >= 15 is 0 Å². The molecule has 0 aliphatic carbocycles. The van der Waals surface area contributed by atoms with E-state index in [1.54, 1.807) is 6.07 Å². The summed E-state index contributed by atoms with van der Waals surface area (Å²) in [5.74, 6) is 0. The number of aromatic nitrogens is 4. The van der Waals surface area contributed by atoms with E-state index in [2.05, 4.69) is 21.9 Å². The number of halogens is 1. The first kappa shape index (κ1) is 7.24. The molecule has 0 unspecified atom stereocenters. The van der Waals surface area contributed by atoms with Gasteiger partial charge in [0, 0.05) is 0 Å². The summed E-state index contributed by atoms with van der Waals surface area (Å²) in [6, 6.07) is 7.29. The molecule has 0 saturated heterocycles. The quantitative estimate of drug-likeness (QED) is 0.659. The summed E-state index contributed by atoms with van der Waals surface area (Å²) in [7, 11) is 0. The van der Waals surface area contributed by atoms with Crippen molar-refractivity contribution in [3.63, 3.8) is 0 Å². The van der Waals surface area contributed by atoms with Gasteiger partial charge in [0.15, 0.2) is 0 Å². The van der Waals surface area contributed by atoms with Gasteiger partial charge in [0.25, 0.3) is 0 Å². The Balaban J connectivity index is 2.55. The van der Waals surface area contributed by atoms with Gasteiger partial charge in [-0.2, -0.15) is 4.68 Å². The molecule has 0 saturated carbocycles. The lowest BCUT2D eigenvalue weighted by atomic mass is 10.3. The number of hydrogen-bond acceptors (Lipinski definition) is 3. The van der Waals surface area contributed by atoms with Crippen molar-refractivity contribution >= 4 is 11.6 Å². The zero-order valence-electron chi connectivity index (χ0n) is 5.98. The van der Waals surface area contributed by atoms with Gasteiger partial charge in [-0.15, -0.1) is 5.10 Å². The highest BCUT2D eigenvalue weighted by Crippen LogP contribution is 2.17. The van der Waals surface area contributed by atoms with Crippen molar-refractivity contribution in [1.29, 1.82) is 0 Å². The van der Waals surface area contributed by atoms with Crippen LogP contribution in [0.3, 0.4) is 0 Å². The van der Waals surface area contributed by atoms with Crippen molar-refractivity contribution in [2.75, 3.05) is 0 Å². The van der Waals surface area contributed by atoms with Crippen molar-refractivity contribution in [1.82, 2.24) is 20.2 Å². The molecule has 59 valence electrons. The molecule has 4 nitrogen and oxygen atoms in total. The lowest BCUT2D eigenvalue weighted by Gasteiger charge is -1.99. The predicted molar refractivity (Wildman–Crippen MR) is 43.0 cm³/mol. The van der Waals surface area contributed by atoms with Crippen LogP contribution in [0.1, 0.15) is 0 Å². The number of hydrogen-bond donors (Lipinski definition) is 0. The van der Waals surface area contributed by atoms with Crippen molar-refractivity contribution in [3.05, 3.63) is 35.6 Å². The van der Waals surface area contributed by atoms with Crippen LogP contribution in [0.4, 0.5) is 0 Å². The molecular formula is C7H4ClN4. The van der Waals surface area contributed by atoms with E-state index in [0.29, 0.717) is 5.02 Å². The van der Waals surface area contributed by atoms with Crippen LogP contribution in [0.25, 0.3) is 5.69 Å². The largest absolute Gasteiger partial charge is 0.226 e. The second kappa shape index (κ2) is 2.91. The lowest BCUT2D eigenvalue weighted by Crippen LogP contribution is -1.95. The maximum atomic E-state index is 5.88. The third-order valence-electron chi connectivity index (χ3n) is 1.39. The Kier molecular flexibility index (Phi) is 1.75. The second-order valence-electron chi connectivity index (χ2n) is 2.14. The molecule has 1 aromatic carbocycles. The minimum Gasteiger partial charge on any atom is -0.188 e. The first-order chi connectivity index (χ1) is 5.88. The average Bonchev–Trinajstić information content (AvgIpc) is 2.57. The molecule has 0 bridgehead atoms. The summed E-state index contributed by atoms with van der Waals surface area (Å²) in [6.07, 6.45) is 2.55. The van der Waals surface area contributed by atoms with E-state index in [1.165, 1.54) is 4.68 Å². The van der Waals surface area contributed by atoms with Gasteiger partial charge in [0.2, 0.25) is 6.33 Å². The lowest BCUT2D eigenvalue weighted by molar-refractivity contribution is 0.787. The van der Waals surface area contributed by atoms with Crippen LogP contribution in [0.15, 0.2) is 24.3 Å². The van der Waals surface area contributed by atoms with E-state index in [-0.39, 0.29) is 0 Å². The van der Waals surface area contributed by atoms with Gasteiger partial charge in [-0.1, -0.05) is 23.7 Å². The maximum Gasteiger partial charge on any atom is 0.226 e. The van der Waals surface area contributed by atoms with E-state index in [1.807, 2.05) is 18.2 Å². The molecule has 5 heteroatoms. The third kappa shape index (κ3) is 1.16. The normalized spacial score (nSPS) is 10.1. The second-order valence-corrected chi connectivity index (χ2v) is 2.55. The number of tetrazole rings is 1. The van der Waals surface area contributed by atoms with Crippen molar-refractivity contribution < 1.29 is 0 Å². The predicted octanol–water partition coefficient (Wildman–Crippen LogP) is 1.12. The molecule has 1 heterocycles. The molecule has 0 aliphatic heterocycles. The highest BCUT2D eigenvalue weighted by atomic mass is 35.5. The van der Waals surface area contributed by atoms with Crippen LogP contribution in [-0.4, -0.2) is 20.2 Å². The molecule has 0 amide bonds. The summed E-state index contributed by atoms with van der Waals surface area (Å²) >= 11 is 5.88. The molecule has 12 heavy (non-hydrogen) atoms. The fourth-order valence-electron chi connectivity index (χ4n) is 0.868. The number of benzene rings is 1. The van der Waals surface area contributed by atoms with Crippen molar-refractivity contribution in [2.24, 2.45) is 0 Å². The van der Waals surface area contributed by atoms with E-state index < -0.39 is 0 Å². The molecule has 0 N–H and O–H groups in total. The fraction of sp³-hybridized carbons (Fsp3) is 0. The van der Waals surface area contributed by atoms with Gasteiger partial charge in [-0.05, 0) is 22.6 Å². The highest BCUT2D eigenvalue weighted by Gasteiger charge is 2.01. The molecule has 1 radical (unpaired) electrons. The van der Waals surface area contributed by atoms with Gasteiger partial charge in [-0.3, -0.25) is 0 Å². The molecule has 1 aromatic heterocycles. The van der Waals surface area contributed by atoms with Gasteiger partial charge in [-0.25, -0.2) is 0 Å². The van der Waals surface area contributed by atoms with Gasteiger partial charge >= 0.3 is 0 Å². The van der Waals surface area contributed by atoms with Gasteiger partial charge in [0.1, 0.15) is 0 Å². The van der Waals surface area contributed by atoms with Gasteiger partial charge < -0.3 is 0 Å². The monoisotopic (exact) mass is 179 g/mol. The Morgan fingerprint density at radius 1 is 1.33 bits per heavy atom. The number of nitrogens with zero attached hydrogens (tertiary/aromatic N) is 4. The number of rotatable bonds is 1. The third-order valence-corrected chi connectivity index (χ3v) is 1.71. The molecular weight excluding hydrogens is 176 g/mol. The smallest absolute Gasteiger partial charge is 0.188 e. The van der Waals surface area contributed by atoms with E-state index in [4.69, 9.17) is 11.6 Å². The van der Waals surface area contributed by atoms with Crippen molar-refractivity contribution in [2.45, 2.75) is 0 Å². The SMILES string of the molecule is Clc1ccccc1-n1[c]nnn1. The van der Waals surface area contributed by atoms with Crippen LogP contribution in [0, 0.1) is 6.33 Å².